The van der Waals surface area contributed by atoms with Gasteiger partial charge in [-0.3, -0.25) is 0 Å². The van der Waals surface area contributed by atoms with Crippen molar-refractivity contribution in [3.05, 3.63) is 82.1 Å². The summed E-state index contributed by atoms with van der Waals surface area (Å²) >= 11 is 0. The fourth-order valence-electron chi connectivity index (χ4n) is 4.81. The van der Waals surface area contributed by atoms with Crippen LogP contribution in [0.4, 0.5) is 0 Å². The Bertz CT molecular complexity index is 934. The first-order chi connectivity index (χ1) is 13.4. The third-order valence-corrected chi connectivity index (χ3v) is 8.64. The molecule has 0 N–H and O–H groups in total. The van der Waals surface area contributed by atoms with Gasteiger partial charge in [-0.25, -0.2) is 0 Å². The van der Waals surface area contributed by atoms with Crippen molar-refractivity contribution in [1.29, 1.82) is 0 Å². The molecule has 0 aromatic heterocycles. The highest BCUT2D eigenvalue weighted by Gasteiger charge is 2.38. The van der Waals surface area contributed by atoms with Gasteiger partial charge in [0.25, 0.3) is 0 Å². The first kappa shape index (κ1) is 19.6. The van der Waals surface area contributed by atoms with Crippen molar-refractivity contribution < 1.29 is 4.43 Å². The van der Waals surface area contributed by atoms with Gasteiger partial charge < -0.3 is 4.43 Å². The normalized spacial score (nSPS) is 20.8. The maximum Gasteiger partial charge on any atom is 0.183 e. The monoisotopic (exact) mass is 403 g/mol. The van der Waals surface area contributed by atoms with Crippen LogP contribution in [0.5, 0.6) is 0 Å². The second kappa shape index (κ2) is 7.62. The van der Waals surface area contributed by atoms with Crippen LogP contribution in [0.25, 0.3) is 11.6 Å². The van der Waals surface area contributed by atoms with Gasteiger partial charge in [-0.2, -0.15) is 0 Å². The van der Waals surface area contributed by atoms with Gasteiger partial charge in [0.1, 0.15) is 0 Å². The summed E-state index contributed by atoms with van der Waals surface area (Å²) in [4.78, 5) is 0. The fraction of sp³-hybridized carbons (Fsp3) is 0.360. The van der Waals surface area contributed by atoms with Crippen molar-refractivity contribution in [2.24, 2.45) is 0 Å². The van der Waals surface area contributed by atoms with Gasteiger partial charge in [-0.15, -0.1) is 0 Å². The van der Waals surface area contributed by atoms with E-state index >= 15 is 0 Å². The highest BCUT2D eigenvalue weighted by molar-refractivity contribution is 6.69. The predicted molar refractivity (Wildman–Crippen MR) is 126 cm³/mol. The second-order valence-corrected chi connectivity index (χ2v) is 16.2. The van der Waals surface area contributed by atoms with E-state index in [-0.39, 0.29) is 0 Å². The number of hydrogen-bond acceptors (Lipinski definition) is 1. The van der Waals surface area contributed by atoms with Crippen LogP contribution in [-0.4, -0.2) is 23.7 Å². The molecule has 4 rings (SSSR count). The summed E-state index contributed by atoms with van der Waals surface area (Å²) in [7, 11) is -2.06. The van der Waals surface area contributed by atoms with E-state index in [1.165, 1.54) is 22.3 Å². The van der Waals surface area contributed by atoms with Gasteiger partial charge in [0.15, 0.2) is 8.32 Å². The maximum absolute atomic E-state index is 6.25. The van der Waals surface area contributed by atoms with Gasteiger partial charge in [0.2, 0.25) is 0 Å². The van der Waals surface area contributed by atoms with Gasteiger partial charge in [0.05, 0.1) is 8.80 Å². The molecule has 1 nitrogen and oxygen atoms in total. The van der Waals surface area contributed by atoms with E-state index in [0.717, 1.165) is 13.0 Å². The van der Waals surface area contributed by atoms with Crippen LogP contribution >= 0.6 is 0 Å². The third-order valence-electron chi connectivity index (χ3n) is 5.88. The van der Waals surface area contributed by atoms with Crippen molar-refractivity contribution in [2.45, 2.75) is 51.0 Å². The lowest BCUT2D eigenvalue weighted by atomic mass is 9.84. The minimum absolute atomic E-state index is 0.461. The SMILES string of the molecule is C[Si](C)C1=C(CCO[Si](C)(C)C)c2ccccc2C1C1C=Cc2ccccc21. The average molecular weight is 404 g/mol. The van der Waals surface area contributed by atoms with Crippen LogP contribution in [0.15, 0.2) is 59.8 Å². The number of fused-ring (bicyclic) bond motifs is 2. The molecule has 3 heteroatoms. The Kier molecular flexibility index (Phi) is 5.34. The predicted octanol–water partition coefficient (Wildman–Crippen LogP) is 6.88. The zero-order valence-corrected chi connectivity index (χ0v) is 19.8. The molecule has 0 spiro atoms. The van der Waals surface area contributed by atoms with Crippen LogP contribution in [0, 0.1) is 0 Å². The molecule has 2 aliphatic carbocycles. The smallest absolute Gasteiger partial charge is 0.183 e. The molecule has 2 atom stereocenters. The molecule has 0 aliphatic heterocycles. The van der Waals surface area contributed by atoms with E-state index in [2.05, 4.69) is 93.4 Å². The quantitative estimate of drug-likeness (QED) is 0.477. The highest BCUT2D eigenvalue weighted by atomic mass is 28.4. The molecule has 0 bridgehead atoms. The lowest BCUT2D eigenvalue weighted by molar-refractivity contribution is 0.321. The summed E-state index contributed by atoms with van der Waals surface area (Å²) in [5.74, 6) is 0.949. The zero-order chi connectivity index (χ0) is 19.9. The average Bonchev–Trinajstić information content (AvgIpc) is 3.20. The van der Waals surface area contributed by atoms with Gasteiger partial charge in [-0.05, 0) is 53.9 Å². The first-order valence-electron chi connectivity index (χ1n) is 10.4. The van der Waals surface area contributed by atoms with Gasteiger partial charge >= 0.3 is 0 Å². The number of allylic oxidation sites excluding steroid dienone is 2. The Hall–Kier alpha value is -1.69. The molecule has 145 valence electrons. The van der Waals surface area contributed by atoms with E-state index in [4.69, 9.17) is 4.43 Å². The van der Waals surface area contributed by atoms with Crippen LogP contribution in [0.1, 0.15) is 40.5 Å². The lowest BCUT2D eigenvalue weighted by Gasteiger charge is -2.26. The second-order valence-electron chi connectivity index (χ2n) is 9.18. The first-order valence-corrected chi connectivity index (χ1v) is 16.3. The number of rotatable bonds is 6. The number of hydrogen-bond donors (Lipinski definition) is 0. The Labute approximate surface area is 172 Å². The summed E-state index contributed by atoms with van der Waals surface area (Å²) in [6.07, 6.45) is 5.81. The summed E-state index contributed by atoms with van der Waals surface area (Å²) in [5.41, 5.74) is 7.46. The van der Waals surface area contributed by atoms with E-state index in [1.54, 1.807) is 10.8 Å². The third kappa shape index (κ3) is 3.63. The minimum atomic E-state index is -1.49. The molecule has 0 amide bonds. The molecule has 0 heterocycles. The van der Waals surface area contributed by atoms with E-state index in [1.807, 2.05) is 0 Å². The van der Waals surface area contributed by atoms with Crippen LogP contribution in [0.2, 0.25) is 32.7 Å². The van der Waals surface area contributed by atoms with Crippen LogP contribution in [-0.2, 0) is 4.43 Å². The van der Waals surface area contributed by atoms with E-state index < -0.39 is 17.1 Å². The van der Waals surface area contributed by atoms with Gasteiger partial charge in [0, 0.05) is 18.4 Å². The van der Waals surface area contributed by atoms with Crippen molar-refractivity contribution in [3.8, 4) is 0 Å². The fourth-order valence-corrected chi connectivity index (χ4v) is 7.35. The largest absolute Gasteiger partial charge is 0.417 e. The van der Waals surface area contributed by atoms with Crippen LogP contribution in [0.3, 0.4) is 0 Å². The van der Waals surface area contributed by atoms with Crippen molar-refractivity contribution >= 4 is 28.8 Å². The van der Waals surface area contributed by atoms with Crippen molar-refractivity contribution in [1.82, 2.24) is 0 Å². The Morgan fingerprint density at radius 1 is 0.929 bits per heavy atom. The topological polar surface area (TPSA) is 9.23 Å². The number of benzene rings is 2. The molecular formula is C25H31OSi2. The highest BCUT2D eigenvalue weighted by Crippen LogP contribution is 2.53. The van der Waals surface area contributed by atoms with E-state index in [9.17, 15) is 0 Å². The summed E-state index contributed by atoms with van der Waals surface area (Å²) < 4.78 is 6.25. The van der Waals surface area contributed by atoms with Gasteiger partial charge in [-0.1, -0.05) is 79.0 Å². The zero-order valence-electron chi connectivity index (χ0n) is 17.8. The lowest BCUT2D eigenvalue weighted by Crippen LogP contribution is -2.26. The Morgan fingerprint density at radius 3 is 2.32 bits per heavy atom. The molecule has 2 aromatic carbocycles. The van der Waals surface area contributed by atoms with Crippen molar-refractivity contribution in [2.75, 3.05) is 6.61 Å². The molecule has 2 aliphatic rings. The van der Waals surface area contributed by atoms with Crippen LogP contribution < -0.4 is 0 Å². The molecule has 28 heavy (non-hydrogen) atoms. The molecule has 0 fully saturated rings. The van der Waals surface area contributed by atoms with Crippen molar-refractivity contribution in [3.63, 3.8) is 0 Å². The Balaban J connectivity index is 1.76. The Morgan fingerprint density at radius 2 is 1.61 bits per heavy atom. The summed E-state index contributed by atoms with van der Waals surface area (Å²) in [5, 5.41) is 1.72. The molecule has 0 saturated heterocycles. The molecule has 0 saturated carbocycles. The summed E-state index contributed by atoms with van der Waals surface area (Å²) in [6, 6.07) is 18.0. The summed E-state index contributed by atoms with van der Waals surface area (Å²) in [6.45, 7) is 12.6. The molecule has 2 aromatic rings. The molecule has 1 radical (unpaired) electrons. The molecular weight excluding hydrogens is 372 g/mol. The maximum atomic E-state index is 6.25. The standard InChI is InChI=1S/C25H31OSi2/c1-27(2)25-23(16-17-26-28(3,4)5)20-12-8-9-13-21(20)24(25)22-15-14-18-10-6-7-11-19(18)22/h6-15,22,24H,16-17H2,1-5H3. The molecule has 2 unspecified atom stereocenters. The van der Waals surface area contributed by atoms with E-state index in [0.29, 0.717) is 11.8 Å². The minimum Gasteiger partial charge on any atom is -0.417 e.